The standard InChI is InChI=1S/C20H21FN4O4S2/c21-14-1-4-16(5-2-14)31(27,28)22-8-7-19(26)23-15-3-6-17-18(13-15)30-20(24-17)25-9-11-29-12-10-25/h1-6,13,22H,7-12H2,(H,23,26). The fourth-order valence-corrected chi connectivity index (χ4v) is 5.19. The summed E-state index contributed by atoms with van der Waals surface area (Å²) in [6.45, 7) is 2.90. The molecule has 0 bridgehead atoms. The average Bonchev–Trinajstić information content (AvgIpc) is 3.18. The highest BCUT2D eigenvalue weighted by molar-refractivity contribution is 7.89. The lowest BCUT2D eigenvalue weighted by Gasteiger charge is -2.25. The summed E-state index contributed by atoms with van der Waals surface area (Å²) in [6.07, 6.45) is -0.0415. The van der Waals surface area contributed by atoms with Gasteiger partial charge in [-0.3, -0.25) is 4.79 Å². The van der Waals surface area contributed by atoms with E-state index in [0.717, 1.165) is 40.6 Å². The quantitative estimate of drug-likeness (QED) is 0.558. The fourth-order valence-electron chi connectivity index (χ4n) is 3.10. The van der Waals surface area contributed by atoms with E-state index in [-0.39, 0.29) is 23.8 Å². The van der Waals surface area contributed by atoms with Gasteiger partial charge in [0, 0.05) is 31.7 Å². The van der Waals surface area contributed by atoms with E-state index in [1.165, 1.54) is 12.1 Å². The maximum Gasteiger partial charge on any atom is 0.240 e. The molecule has 2 heterocycles. The third kappa shape index (κ3) is 5.37. The number of morpholine rings is 1. The number of ether oxygens (including phenoxy) is 1. The highest BCUT2D eigenvalue weighted by Crippen LogP contribution is 2.31. The number of anilines is 2. The lowest BCUT2D eigenvalue weighted by atomic mass is 10.3. The van der Waals surface area contributed by atoms with E-state index >= 15 is 0 Å². The summed E-state index contributed by atoms with van der Waals surface area (Å²) in [5.41, 5.74) is 1.48. The minimum atomic E-state index is -3.80. The van der Waals surface area contributed by atoms with Crippen molar-refractivity contribution in [3.05, 3.63) is 48.3 Å². The largest absolute Gasteiger partial charge is 0.378 e. The predicted molar refractivity (Wildman–Crippen MR) is 117 cm³/mol. The average molecular weight is 465 g/mol. The van der Waals surface area contributed by atoms with Gasteiger partial charge in [0.2, 0.25) is 15.9 Å². The molecular weight excluding hydrogens is 443 g/mol. The van der Waals surface area contributed by atoms with Crippen molar-refractivity contribution in [1.82, 2.24) is 9.71 Å². The zero-order chi connectivity index (χ0) is 21.8. The van der Waals surface area contributed by atoms with Crippen LogP contribution in [0, 0.1) is 5.82 Å². The molecule has 0 saturated carbocycles. The second kappa shape index (κ2) is 9.27. The summed E-state index contributed by atoms with van der Waals surface area (Å²) in [5, 5.41) is 3.71. The van der Waals surface area contributed by atoms with Crippen LogP contribution in [0.1, 0.15) is 6.42 Å². The van der Waals surface area contributed by atoms with Gasteiger partial charge in [-0.15, -0.1) is 0 Å². The monoisotopic (exact) mass is 464 g/mol. The number of hydrogen-bond acceptors (Lipinski definition) is 7. The molecule has 1 aromatic heterocycles. The van der Waals surface area contributed by atoms with Crippen molar-refractivity contribution in [3.63, 3.8) is 0 Å². The number of carbonyl (C=O) groups is 1. The zero-order valence-electron chi connectivity index (χ0n) is 16.5. The van der Waals surface area contributed by atoms with Crippen molar-refractivity contribution in [3.8, 4) is 0 Å². The molecule has 1 aliphatic rings. The fraction of sp³-hybridized carbons (Fsp3) is 0.300. The van der Waals surface area contributed by atoms with Gasteiger partial charge in [0.1, 0.15) is 5.82 Å². The number of thiazole rings is 1. The normalized spacial score (nSPS) is 14.7. The highest BCUT2D eigenvalue weighted by atomic mass is 32.2. The second-order valence-corrected chi connectivity index (χ2v) is 9.70. The van der Waals surface area contributed by atoms with Gasteiger partial charge in [0.15, 0.2) is 5.13 Å². The Morgan fingerprint density at radius 1 is 1.16 bits per heavy atom. The van der Waals surface area contributed by atoms with Crippen LogP contribution in [0.2, 0.25) is 0 Å². The Hall–Kier alpha value is -2.60. The number of sulfonamides is 1. The van der Waals surface area contributed by atoms with E-state index in [4.69, 9.17) is 4.74 Å². The molecule has 2 aromatic carbocycles. The van der Waals surface area contributed by atoms with E-state index in [1.807, 2.05) is 12.1 Å². The number of nitrogens with one attached hydrogen (secondary N) is 2. The van der Waals surface area contributed by atoms with Crippen molar-refractivity contribution in [2.45, 2.75) is 11.3 Å². The van der Waals surface area contributed by atoms with E-state index in [2.05, 4.69) is 19.9 Å². The molecule has 1 fully saturated rings. The number of aromatic nitrogens is 1. The van der Waals surface area contributed by atoms with Gasteiger partial charge in [-0.25, -0.2) is 22.5 Å². The number of nitrogens with zero attached hydrogens (tertiary/aromatic N) is 2. The van der Waals surface area contributed by atoms with Crippen LogP contribution >= 0.6 is 11.3 Å². The van der Waals surface area contributed by atoms with Crippen molar-refractivity contribution in [2.24, 2.45) is 0 Å². The molecule has 164 valence electrons. The summed E-state index contributed by atoms with van der Waals surface area (Å²) in [6, 6.07) is 9.97. The molecule has 4 rings (SSSR count). The Morgan fingerprint density at radius 3 is 2.65 bits per heavy atom. The predicted octanol–water partition coefficient (Wildman–Crippen LogP) is 2.58. The van der Waals surface area contributed by atoms with Crippen LogP contribution in [0.5, 0.6) is 0 Å². The first-order valence-corrected chi connectivity index (χ1v) is 12.0. The molecule has 11 heteroatoms. The SMILES string of the molecule is O=C(CCNS(=O)(=O)c1ccc(F)cc1)Nc1ccc2nc(N3CCOCC3)sc2c1. The van der Waals surface area contributed by atoms with E-state index in [9.17, 15) is 17.6 Å². The molecule has 0 aliphatic carbocycles. The van der Waals surface area contributed by atoms with Gasteiger partial charge < -0.3 is 15.0 Å². The Balaban J connectivity index is 1.33. The number of hydrogen-bond donors (Lipinski definition) is 2. The maximum absolute atomic E-state index is 13.0. The van der Waals surface area contributed by atoms with E-state index in [0.29, 0.717) is 18.9 Å². The number of benzene rings is 2. The lowest BCUT2D eigenvalue weighted by Crippen LogP contribution is -2.36. The summed E-state index contributed by atoms with van der Waals surface area (Å²) >= 11 is 1.55. The van der Waals surface area contributed by atoms with Gasteiger partial charge in [0.05, 0.1) is 28.3 Å². The van der Waals surface area contributed by atoms with E-state index in [1.54, 1.807) is 17.4 Å². The lowest BCUT2D eigenvalue weighted by molar-refractivity contribution is -0.116. The number of rotatable bonds is 7. The number of halogens is 1. The number of carbonyl (C=O) groups excluding carboxylic acids is 1. The zero-order valence-corrected chi connectivity index (χ0v) is 18.1. The molecule has 1 saturated heterocycles. The summed E-state index contributed by atoms with van der Waals surface area (Å²) < 4.78 is 46.0. The molecule has 8 nitrogen and oxygen atoms in total. The molecule has 0 radical (unpaired) electrons. The summed E-state index contributed by atoms with van der Waals surface area (Å²) in [7, 11) is -3.80. The molecule has 1 aliphatic heterocycles. The van der Waals surface area contributed by atoms with Crippen LogP contribution in [-0.2, 0) is 19.6 Å². The second-order valence-electron chi connectivity index (χ2n) is 6.93. The molecule has 0 atom stereocenters. The third-order valence-corrected chi connectivity index (χ3v) is 7.27. The van der Waals surface area contributed by atoms with Crippen LogP contribution in [0.4, 0.5) is 15.2 Å². The van der Waals surface area contributed by atoms with Crippen LogP contribution < -0.4 is 14.9 Å². The molecule has 0 unspecified atom stereocenters. The van der Waals surface area contributed by atoms with Crippen LogP contribution in [-0.4, -0.2) is 52.2 Å². The van der Waals surface area contributed by atoms with E-state index < -0.39 is 15.8 Å². The third-order valence-electron chi connectivity index (χ3n) is 4.71. The molecule has 3 aromatic rings. The van der Waals surface area contributed by atoms with Crippen LogP contribution in [0.25, 0.3) is 10.2 Å². The molecule has 1 amide bonds. The van der Waals surface area contributed by atoms with Crippen molar-refractivity contribution >= 4 is 48.3 Å². The Bertz CT molecular complexity index is 1180. The molecule has 2 N–H and O–H groups in total. The molecular formula is C20H21FN4O4S2. The van der Waals surface area contributed by atoms with Crippen LogP contribution in [0.3, 0.4) is 0 Å². The highest BCUT2D eigenvalue weighted by Gasteiger charge is 2.17. The van der Waals surface area contributed by atoms with Gasteiger partial charge in [0.25, 0.3) is 0 Å². The number of amides is 1. The minimum absolute atomic E-state index is 0.0415. The van der Waals surface area contributed by atoms with Gasteiger partial charge in [-0.2, -0.15) is 0 Å². The molecule has 0 spiro atoms. The van der Waals surface area contributed by atoms with Gasteiger partial charge in [-0.05, 0) is 42.5 Å². The van der Waals surface area contributed by atoms with Crippen molar-refractivity contribution in [2.75, 3.05) is 43.1 Å². The molecule has 31 heavy (non-hydrogen) atoms. The smallest absolute Gasteiger partial charge is 0.240 e. The Morgan fingerprint density at radius 2 is 1.90 bits per heavy atom. The van der Waals surface area contributed by atoms with Crippen molar-refractivity contribution < 1.29 is 22.3 Å². The Kier molecular flexibility index (Phi) is 6.46. The minimum Gasteiger partial charge on any atom is -0.378 e. The van der Waals surface area contributed by atoms with Crippen LogP contribution in [0.15, 0.2) is 47.4 Å². The first-order valence-electron chi connectivity index (χ1n) is 9.69. The topological polar surface area (TPSA) is 101 Å². The maximum atomic E-state index is 13.0. The Labute approximate surface area is 183 Å². The first-order chi connectivity index (χ1) is 14.9. The first kappa shape index (κ1) is 21.6. The summed E-state index contributed by atoms with van der Waals surface area (Å²) in [5.74, 6) is -0.840. The van der Waals surface area contributed by atoms with Gasteiger partial charge >= 0.3 is 0 Å². The number of fused-ring (bicyclic) bond motifs is 1. The van der Waals surface area contributed by atoms with Crippen molar-refractivity contribution in [1.29, 1.82) is 0 Å². The van der Waals surface area contributed by atoms with Gasteiger partial charge in [-0.1, -0.05) is 11.3 Å². The summed E-state index contributed by atoms with van der Waals surface area (Å²) in [4.78, 5) is 19.0.